The van der Waals surface area contributed by atoms with Crippen molar-refractivity contribution in [1.82, 2.24) is 4.90 Å². The average molecular weight is 194 g/mol. The highest BCUT2D eigenvalue weighted by atomic mass is 16.4. The van der Waals surface area contributed by atoms with Crippen molar-refractivity contribution in [1.29, 1.82) is 5.26 Å². The molecule has 1 saturated carbocycles. The van der Waals surface area contributed by atoms with Crippen molar-refractivity contribution in [3.05, 3.63) is 11.8 Å². The van der Waals surface area contributed by atoms with Crippen molar-refractivity contribution < 1.29 is 9.90 Å². The number of rotatable bonds is 5. The lowest BCUT2D eigenvalue weighted by atomic mass is 10.1. The van der Waals surface area contributed by atoms with Crippen molar-refractivity contribution in [3.63, 3.8) is 0 Å². The van der Waals surface area contributed by atoms with Gasteiger partial charge in [0.15, 0.2) is 0 Å². The molecule has 76 valence electrons. The molecule has 0 unspecified atom stereocenters. The summed E-state index contributed by atoms with van der Waals surface area (Å²) in [5.74, 6) is -0.230. The number of likely N-dealkylation sites (N-methyl/N-ethyl adjacent to an activating group) is 1. The first-order valence-corrected chi connectivity index (χ1v) is 4.64. The number of allylic oxidation sites excluding steroid dienone is 1. The molecular weight excluding hydrogens is 180 g/mol. The molecule has 1 N–H and O–H groups in total. The van der Waals surface area contributed by atoms with Gasteiger partial charge >= 0.3 is 5.97 Å². The van der Waals surface area contributed by atoms with Gasteiger partial charge in [0.2, 0.25) is 0 Å². The van der Waals surface area contributed by atoms with E-state index in [9.17, 15) is 4.79 Å². The van der Waals surface area contributed by atoms with Crippen LogP contribution in [-0.2, 0) is 4.79 Å². The first-order valence-electron chi connectivity index (χ1n) is 4.64. The third-order valence-electron chi connectivity index (χ3n) is 2.11. The van der Waals surface area contributed by atoms with E-state index in [0.717, 1.165) is 6.42 Å². The van der Waals surface area contributed by atoms with Crippen molar-refractivity contribution in [2.75, 3.05) is 13.6 Å². The fourth-order valence-corrected chi connectivity index (χ4v) is 1.29. The van der Waals surface area contributed by atoms with Gasteiger partial charge in [0.1, 0.15) is 6.54 Å². The van der Waals surface area contributed by atoms with Crippen LogP contribution in [0.4, 0.5) is 0 Å². The van der Waals surface area contributed by atoms with Gasteiger partial charge in [-0.2, -0.15) is 5.26 Å². The Labute approximate surface area is 83.4 Å². The maximum absolute atomic E-state index is 10.4. The molecule has 0 aliphatic heterocycles. The summed E-state index contributed by atoms with van der Waals surface area (Å²) in [6.45, 7) is -0.0597. The molecule has 0 heterocycles. The second-order valence-electron chi connectivity index (χ2n) is 3.72. The lowest BCUT2D eigenvalue weighted by Crippen LogP contribution is -2.20. The highest BCUT2D eigenvalue weighted by Crippen LogP contribution is 2.34. The van der Waals surface area contributed by atoms with E-state index in [1.807, 2.05) is 0 Å². The maximum Gasteiger partial charge on any atom is 0.323 e. The highest BCUT2D eigenvalue weighted by Gasteiger charge is 2.22. The van der Waals surface area contributed by atoms with Gasteiger partial charge in [-0.1, -0.05) is 0 Å². The fourth-order valence-electron chi connectivity index (χ4n) is 1.29. The summed E-state index contributed by atoms with van der Waals surface area (Å²) in [4.78, 5) is 11.9. The van der Waals surface area contributed by atoms with Gasteiger partial charge in [-0.3, -0.25) is 4.79 Å². The van der Waals surface area contributed by atoms with Gasteiger partial charge in [-0.15, -0.1) is 0 Å². The van der Waals surface area contributed by atoms with E-state index in [1.165, 1.54) is 17.7 Å². The molecule has 0 saturated heterocycles. The predicted octanol–water partition coefficient (Wildman–Crippen LogP) is 1.21. The molecule has 0 atom stereocenters. The van der Waals surface area contributed by atoms with Gasteiger partial charge in [0.25, 0.3) is 0 Å². The Kier molecular flexibility index (Phi) is 3.52. The van der Waals surface area contributed by atoms with E-state index in [1.54, 1.807) is 13.2 Å². The minimum atomic E-state index is -0.882. The molecule has 4 heteroatoms. The summed E-state index contributed by atoms with van der Waals surface area (Å²) in [6, 6.07) is 2.10. The molecule has 4 nitrogen and oxygen atoms in total. The number of nitriles is 1. The third kappa shape index (κ3) is 3.94. The molecule has 0 radical (unpaired) electrons. The molecular formula is C10H14N2O2. The topological polar surface area (TPSA) is 64.3 Å². The minimum absolute atomic E-state index is 0.0597. The van der Waals surface area contributed by atoms with E-state index >= 15 is 0 Å². The predicted molar refractivity (Wildman–Crippen MR) is 51.3 cm³/mol. The fraction of sp³-hybridized carbons (Fsp3) is 0.600. The van der Waals surface area contributed by atoms with Crippen molar-refractivity contribution in [2.45, 2.75) is 19.3 Å². The molecule has 1 rings (SSSR count). The Morgan fingerprint density at radius 2 is 2.36 bits per heavy atom. The number of nitrogens with zero attached hydrogens (tertiary/aromatic N) is 2. The molecule has 0 aromatic carbocycles. The van der Waals surface area contributed by atoms with Gasteiger partial charge in [-0.25, -0.2) is 0 Å². The lowest BCUT2D eigenvalue weighted by Gasteiger charge is -2.11. The number of hydrogen-bond acceptors (Lipinski definition) is 3. The largest absolute Gasteiger partial charge is 0.480 e. The van der Waals surface area contributed by atoms with Crippen LogP contribution in [0.2, 0.25) is 0 Å². The number of aliphatic carboxylic acids is 1. The first kappa shape index (κ1) is 10.6. The molecule has 1 aliphatic carbocycles. The van der Waals surface area contributed by atoms with Gasteiger partial charge in [-0.05, 0) is 25.2 Å². The zero-order chi connectivity index (χ0) is 10.6. The van der Waals surface area contributed by atoms with Crippen molar-refractivity contribution >= 4 is 5.97 Å². The maximum atomic E-state index is 10.4. The van der Waals surface area contributed by atoms with Gasteiger partial charge in [0.05, 0.1) is 6.07 Å². The standard InChI is InChI=1S/C10H14N2O2/c1-12(7-10(13)14)6-9(5-11)4-8-2-3-8/h6,8H,2-4,7H2,1H3,(H,13,14). The van der Waals surface area contributed by atoms with Crippen LogP contribution in [0.1, 0.15) is 19.3 Å². The molecule has 0 amide bonds. The van der Waals surface area contributed by atoms with Crippen LogP contribution in [0, 0.1) is 17.2 Å². The summed E-state index contributed by atoms with van der Waals surface area (Å²) >= 11 is 0. The quantitative estimate of drug-likeness (QED) is 0.668. The molecule has 1 aliphatic rings. The number of carboxylic acids is 1. The second kappa shape index (κ2) is 4.66. The summed E-state index contributed by atoms with van der Waals surface area (Å²) in [5.41, 5.74) is 0.677. The Bertz CT molecular complexity index is 287. The van der Waals surface area contributed by atoms with Crippen molar-refractivity contribution in [3.8, 4) is 6.07 Å². The van der Waals surface area contributed by atoms with Crippen LogP contribution < -0.4 is 0 Å². The number of carboxylic acid groups (broad SMARTS) is 1. The van der Waals surface area contributed by atoms with Crippen LogP contribution in [0.3, 0.4) is 0 Å². The minimum Gasteiger partial charge on any atom is -0.480 e. The van der Waals surface area contributed by atoms with Crippen molar-refractivity contribution in [2.24, 2.45) is 5.92 Å². The Balaban J connectivity index is 2.44. The Morgan fingerprint density at radius 3 is 2.79 bits per heavy atom. The average Bonchev–Trinajstić information content (AvgIpc) is 2.85. The molecule has 0 aromatic rings. The summed E-state index contributed by atoms with van der Waals surface area (Å²) < 4.78 is 0. The molecule has 0 aromatic heterocycles. The van der Waals surface area contributed by atoms with Crippen LogP contribution in [-0.4, -0.2) is 29.6 Å². The summed E-state index contributed by atoms with van der Waals surface area (Å²) in [5, 5.41) is 17.3. The van der Waals surface area contributed by atoms with Gasteiger partial charge < -0.3 is 10.0 Å². The SMILES string of the molecule is CN(C=C(C#N)CC1CC1)CC(=O)O. The third-order valence-corrected chi connectivity index (χ3v) is 2.11. The summed E-state index contributed by atoms with van der Waals surface area (Å²) in [7, 11) is 1.67. The second-order valence-corrected chi connectivity index (χ2v) is 3.72. The van der Waals surface area contributed by atoms with E-state index in [4.69, 9.17) is 10.4 Å². The van der Waals surface area contributed by atoms with E-state index < -0.39 is 5.97 Å². The normalized spacial score (nSPS) is 16.1. The molecule has 1 fully saturated rings. The zero-order valence-corrected chi connectivity index (χ0v) is 8.23. The molecule has 0 spiro atoms. The van der Waals surface area contributed by atoms with E-state index in [2.05, 4.69) is 6.07 Å². The molecule has 0 bridgehead atoms. The number of hydrogen-bond donors (Lipinski definition) is 1. The Hall–Kier alpha value is -1.50. The van der Waals surface area contributed by atoms with E-state index in [-0.39, 0.29) is 6.54 Å². The number of carbonyl (C=O) groups is 1. The van der Waals surface area contributed by atoms with Crippen LogP contribution in [0.15, 0.2) is 11.8 Å². The zero-order valence-electron chi connectivity index (χ0n) is 8.23. The van der Waals surface area contributed by atoms with Crippen LogP contribution in [0.5, 0.6) is 0 Å². The van der Waals surface area contributed by atoms with Gasteiger partial charge in [0, 0.05) is 18.8 Å². The monoisotopic (exact) mass is 194 g/mol. The molecule has 14 heavy (non-hydrogen) atoms. The summed E-state index contributed by atoms with van der Waals surface area (Å²) in [6.07, 6.45) is 4.82. The Morgan fingerprint density at radius 1 is 1.71 bits per heavy atom. The van der Waals surface area contributed by atoms with Crippen LogP contribution >= 0.6 is 0 Å². The first-order chi connectivity index (χ1) is 6.61. The highest BCUT2D eigenvalue weighted by molar-refractivity contribution is 5.69. The smallest absolute Gasteiger partial charge is 0.323 e. The van der Waals surface area contributed by atoms with E-state index in [0.29, 0.717) is 11.5 Å². The lowest BCUT2D eigenvalue weighted by molar-refractivity contribution is -0.137. The van der Waals surface area contributed by atoms with Crippen LogP contribution in [0.25, 0.3) is 0 Å².